The molecule has 0 saturated carbocycles. The molecule has 0 bridgehead atoms. The highest BCUT2D eigenvalue weighted by Gasteiger charge is 2.38. The van der Waals surface area contributed by atoms with Crippen LogP contribution in [0.5, 0.6) is 0 Å². The molecular formula is C18H24N2O3S. The highest BCUT2D eigenvalue weighted by molar-refractivity contribution is 7.89. The zero-order valence-electron chi connectivity index (χ0n) is 14.6. The van der Waals surface area contributed by atoms with E-state index >= 15 is 0 Å². The van der Waals surface area contributed by atoms with Gasteiger partial charge in [0.05, 0.1) is 16.6 Å². The molecule has 0 amide bonds. The Labute approximate surface area is 143 Å². The molecule has 5 nitrogen and oxygen atoms in total. The number of nitrogens with zero attached hydrogens (tertiary/aromatic N) is 2. The molecule has 1 saturated heterocycles. The molecule has 130 valence electrons. The van der Waals surface area contributed by atoms with Crippen molar-refractivity contribution >= 4 is 10.0 Å². The molecule has 6 heteroatoms. The molecule has 1 aliphatic heterocycles. The second-order valence-electron chi connectivity index (χ2n) is 6.83. The molecule has 0 radical (unpaired) electrons. The van der Waals surface area contributed by atoms with Gasteiger partial charge in [-0.1, -0.05) is 25.1 Å². The van der Waals surface area contributed by atoms with Crippen LogP contribution in [0.2, 0.25) is 0 Å². The number of aryl methyl sites for hydroxylation is 2. The van der Waals surface area contributed by atoms with Crippen LogP contribution >= 0.6 is 0 Å². The molecule has 24 heavy (non-hydrogen) atoms. The monoisotopic (exact) mass is 348 g/mol. The van der Waals surface area contributed by atoms with Crippen molar-refractivity contribution in [2.24, 2.45) is 0 Å². The SMILES string of the molecule is Cc1ccc(S(=O)(=O)N2CCCC2c2cc(C(C)C)no2)cc1C. The second kappa shape index (κ2) is 6.33. The van der Waals surface area contributed by atoms with E-state index in [-0.39, 0.29) is 12.0 Å². The van der Waals surface area contributed by atoms with Gasteiger partial charge in [0, 0.05) is 12.6 Å². The van der Waals surface area contributed by atoms with Crippen LogP contribution in [0.1, 0.15) is 61.2 Å². The molecule has 1 atom stereocenters. The van der Waals surface area contributed by atoms with E-state index in [4.69, 9.17) is 4.52 Å². The van der Waals surface area contributed by atoms with Crippen molar-refractivity contribution in [1.29, 1.82) is 0 Å². The first-order valence-corrected chi connectivity index (χ1v) is 9.80. The fourth-order valence-corrected chi connectivity index (χ4v) is 4.81. The van der Waals surface area contributed by atoms with E-state index < -0.39 is 10.0 Å². The summed E-state index contributed by atoms with van der Waals surface area (Å²) < 4.78 is 33.2. The van der Waals surface area contributed by atoms with Gasteiger partial charge in [0.2, 0.25) is 10.0 Å². The van der Waals surface area contributed by atoms with Crippen LogP contribution in [0.3, 0.4) is 0 Å². The van der Waals surface area contributed by atoms with Crippen LogP contribution in [0.25, 0.3) is 0 Å². The van der Waals surface area contributed by atoms with Crippen LogP contribution < -0.4 is 0 Å². The molecule has 2 heterocycles. The molecule has 0 aliphatic carbocycles. The van der Waals surface area contributed by atoms with E-state index in [1.807, 2.05) is 39.8 Å². The predicted octanol–water partition coefficient (Wildman–Crippen LogP) is 3.94. The van der Waals surface area contributed by atoms with Crippen LogP contribution in [-0.4, -0.2) is 24.4 Å². The molecule has 0 N–H and O–H groups in total. The van der Waals surface area contributed by atoms with Gasteiger partial charge in [-0.2, -0.15) is 4.31 Å². The van der Waals surface area contributed by atoms with Crippen molar-refractivity contribution in [2.45, 2.75) is 57.4 Å². The van der Waals surface area contributed by atoms with Crippen molar-refractivity contribution < 1.29 is 12.9 Å². The Morgan fingerprint density at radius 3 is 2.58 bits per heavy atom. The first kappa shape index (κ1) is 17.2. The Kier molecular flexibility index (Phi) is 4.53. The maximum Gasteiger partial charge on any atom is 0.243 e. The molecule has 1 aromatic heterocycles. The van der Waals surface area contributed by atoms with Crippen molar-refractivity contribution in [2.75, 3.05) is 6.54 Å². The second-order valence-corrected chi connectivity index (χ2v) is 8.72. The van der Waals surface area contributed by atoms with Gasteiger partial charge >= 0.3 is 0 Å². The molecule has 0 spiro atoms. The van der Waals surface area contributed by atoms with Crippen LogP contribution in [0, 0.1) is 13.8 Å². The van der Waals surface area contributed by atoms with E-state index in [9.17, 15) is 8.42 Å². The smallest absolute Gasteiger partial charge is 0.243 e. The largest absolute Gasteiger partial charge is 0.359 e. The van der Waals surface area contributed by atoms with E-state index in [1.54, 1.807) is 16.4 Å². The summed E-state index contributed by atoms with van der Waals surface area (Å²) in [5, 5.41) is 4.08. The Morgan fingerprint density at radius 2 is 1.96 bits per heavy atom. The first-order valence-electron chi connectivity index (χ1n) is 8.36. The Bertz CT molecular complexity index is 840. The number of rotatable bonds is 4. The van der Waals surface area contributed by atoms with Gasteiger partial charge in [-0.25, -0.2) is 8.42 Å². The van der Waals surface area contributed by atoms with E-state index in [0.29, 0.717) is 17.2 Å². The van der Waals surface area contributed by atoms with Gasteiger partial charge in [0.25, 0.3) is 0 Å². The summed E-state index contributed by atoms with van der Waals surface area (Å²) in [7, 11) is -3.54. The summed E-state index contributed by atoms with van der Waals surface area (Å²) in [5.74, 6) is 0.900. The lowest BCUT2D eigenvalue weighted by molar-refractivity contribution is 0.295. The van der Waals surface area contributed by atoms with Gasteiger partial charge in [-0.05, 0) is 55.9 Å². The third-order valence-electron chi connectivity index (χ3n) is 4.76. The van der Waals surface area contributed by atoms with Gasteiger partial charge in [-0.15, -0.1) is 0 Å². The Morgan fingerprint density at radius 1 is 1.21 bits per heavy atom. The lowest BCUT2D eigenvalue weighted by Crippen LogP contribution is -2.30. The number of sulfonamides is 1. The minimum absolute atomic E-state index is 0.258. The molecule has 1 unspecified atom stereocenters. The fourth-order valence-electron chi connectivity index (χ4n) is 3.05. The van der Waals surface area contributed by atoms with Crippen molar-refractivity contribution in [3.05, 3.63) is 46.8 Å². The van der Waals surface area contributed by atoms with Crippen molar-refractivity contribution in [3.8, 4) is 0 Å². The predicted molar refractivity (Wildman–Crippen MR) is 92.4 cm³/mol. The number of aromatic nitrogens is 1. The zero-order valence-corrected chi connectivity index (χ0v) is 15.4. The maximum atomic E-state index is 13.1. The van der Waals surface area contributed by atoms with E-state index in [1.165, 1.54) is 0 Å². The van der Waals surface area contributed by atoms with E-state index in [2.05, 4.69) is 5.16 Å². The Balaban J connectivity index is 1.95. The van der Waals surface area contributed by atoms with Crippen LogP contribution in [-0.2, 0) is 10.0 Å². The zero-order chi connectivity index (χ0) is 17.5. The average Bonchev–Trinajstić information content (AvgIpc) is 3.17. The third kappa shape index (κ3) is 3.00. The Hall–Kier alpha value is -1.66. The van der Waals surface area contributed by atoms with Gasteiger partial charge < -0.3 is 4.52 Å². The lowest BCUT2D eigenvalue weighted by Gasteiger charge is -2.22. The van der Waals surface area contributed by atoms with Crippen molar-refractivity contribution in [3.63, 3.8) is 0 Å². The molecule has 1 fully saturated rings. The first-order chi connectivity index (χ1) is 11.3. The molecule has 2 aromatic rings. The average molecular weight is 348 g/mol. The summed E-state index contributed by atoms with van der Waals surface area (Å²) >= 11 is 0. The standard InChI is InChI=1S/C18H24N2O3S/c1-12(2)16-11-18(23-19-16)17-6-5-9-20(17)24(21,22)15-8-7-13(3)14(4)10-15/h7-8,10-12,17H,5-6,9H2,1-4H3. The normalized spacial score (nSPS) is 19.3. The number of benzene rings is 1. The number of hydrogen-bond acceptors (Lipinski definition) is 4. The fraction of sp³-hybridized carbons (Fsp3) is 0.500. The third-order valence-corrected chi connectivity index (χ3v) is 6.66. The van der Waals surface area contributed by atoms with E-state index in [0.717, 1.165) is 29.7 Å². The topological polar surface area (TPSA) is 63.4 Å². The van der Waals surface area contributed by atoms with Crippen LogP contribution in [0.15, 0.2) is 33.7 Å². The van der Waals surface area contributed by atoms with Gasteiger partial charge in [0.15, 0.2) is 5.76 Å². The highest BCUT2D eigenvalue weighted by Crippen LogP contribution is 2.37. The molecular weight excluding hydrogens is 324 g/mol. The highest BCUT2D eigenvalue weighted by atomic mass is 32.2. The summed E-state index contributed by atoms with van der Waals surface area (Å²) in [6.07, 6.45) is 1.59. The van der Waals surface area contributed by atoms with Crippen LogP contribution in [0.4, 0.5) is 0 Å². The van der Waals surface area contributed by atoms with Gasteiger partial charge in [0.1, 0.15) is 0 Å². The minimum atomic E-state index is -3.54. The quantitative estimate of drug-likeness (QED) is 0.839. The summed E-state index contributed by atoms with van der Waals surface area (Å²) in [6, 6.07) is 6.92. The maximum absolute atomic E-state index is 13.1. The number of hydrogen-bond donors (Lipinski definition) is 0. The minimum Gasteiger partial charge on any atom is -0.359 e. The molecule has 1 aromatic carbocycles. The van der Waals surface area contributed by atoms with Crippen molar-refractivity contribution in [1.82, 2.24) is 9.46 Å². The molecule has 3 rings (SSSR count). The summed E-state index contributed by atoms with van der Waals surface area (Å²) in [6.45, 7) is 8.50. The summed E-state index contributed by atoms with van der Waals surface area (Å²) in [5.41, 5.74) is 2.93. The van der Waals surface area contributed by atoms with Gasteiger partial charge in [-0.3, -0.25) is 0 Å². The summed E-state index contributed by atoms with van der Waals surface area (Å²) in [4.78, 5) is 0.348. The molecule has 1 aliphatic rings. The lowest BCUT2D eigenvalue weighted by atomic mass is 10.1.